The van der Waals surface area contributed by atoms with Gasteiger partial charge in [-0.3, -0.25) is 0 Å². The molecule has 1 rings (SSSR count). The third-order valence-corrected chi connectivity index (χ3v) is 2.60. The van der Waals surface area contributed by atoms with Crippen LogP contribution in [0.4, 0.5) is 0 Å². The standard InChI is InChI=1S/C7H13O7/c8-1-7(14)5(12)3(10)2(9)4(11)6(7)13/h2-6,9-14H,1H2/t2-,3-,4+,5-,6-,7+/m1/s1. The minimum absolute atomic E-state index is 1.30. The van der Waals surface area contributed by atoms with Gasteiger partial charge >= 0.3 is 0 Å². The van der Waals surface area contributed by atoms with Crippen LogP contribution in [0.2, 0.25) is 0 Å². The summed E-state index contributed by atoms with van der Waals surface area (Å²) < 4.78 is 0. The monoisotopic (exact) mass is 209 g/mol. The van der Waals surface area contributed by atoms with Crippen molar-refractivity contribution in [2.24, 2.45) is 0 Å². The summed E-state index contributed by atoms with van der Waals surface area (Å²) in [6.45, 7) is -1.30. The van der Waals surface area contributed by atoms with Gasteiger partial charge in [-0.15, -0.1) is 0 Å². The minimum Gasteiger partial charge on any atom is -0.387 e. The molecule has 1 saturated carbocycles. The van der Waals surface area contributed by atoms with Crippen LogP contribution >= 0.6 is 0 Å². The fourth-order valence-electron chi connectivity index (χ4n) is 1.51. The molecule has 0 saturated heterocycles. The van der Waals surface area contributed by atoms with Crippen LogP contribution in [0.25, 0.3) is 0 Å². The van der Waals surface area contributed by atoms with Crippen molar-refractivity contribution in [3.8, 4) is 0 Å². The summed E-state index contributed by atoms with van der Waals surface area (Å²) in [6.07, 6.45) is -9.52. The van der Waals surface area contributed by atoms with Crippen molar-refractivity contribution >= 4 is 0 Å². The number of hydrogen-bond acceptors (Lipinski definition) is 6. The first kappa shape index (κ1) is 11.8. The van der Waals surface area contributed by atoms with Gasteiger partial charge < -0.3 is 30.6 Å². The van der Waals surface area contributed by atoms with E-state index in [9.17, 15) is 20.4 Å². The molecule has 0 bridgehead atoms. The molecular formula is C7H13O7. The Bertz CT molecular complexity index is 192. The zero-order valence-electron chi connectivity index (χ0n) is 7.19. The summed E-state index contributed by atoms with van der Waals surface area (Å²) in [5, 5.41) is 65.8. The van der Waals surface area contributed by atoms with Gasteiger partial charge in [0.05, 0.1) is 0 Å². The van der Waals surface area contributed by atoms with Crippen LogP contribution in [0.15, 0.2) is 0 Å². The van der Waals surface area contributed by atoms with Crippen LogP contribution in [-0.2, 0) is 5.11 Å². The average molecular weight is 209 g/mol. The summed E-state index contributed by atoms with van der Waals surface area (Å²) in [6, 6.07) is 0. The molecule has 7 heteroatoms. The van der Waals surface area contributed by atoms with Crippen molar-refractivity contribution in [1.29, 1.82) is 0 Å². The van der Waals surface area contributed by atoms with Gasteiger partial charge in [0.25, 0.3) is 0 Å². The Labute approximate surface area is 79.5 Å². The van der Waals surface area contributed by atoms with Gasteiger partial charge in [-0.1, -0.05) is 0 Å². The Morgan fingerprint density at radius 2 is 1.21 bits per heavy atom. The Kier molecular flexibility index (Phi) is 3.12. The molecule has 1 fully saturated rings. The largest absolute Gasteiger partial charge is 0.387 e. The predicted octanol–water partition coefficient (Wildman–Crippen LogP) is -4.03. The molecule has 0 unspecified atom stereocenters. The molecule has 14 heavy (non-hydrogen) atoms. The van der Waals surface area contributed by atoms with Gasteiger partial charge in [0, 0.05) is 0 Å². The summed E-state index contributed by atoms with van der Waals surface area (Å²) in [7, 11) is 0. The Balaban J connectivity index is 2.98. The third-order valence-electron chi connectivity index (χ3n) is 2.60. The topological polar surface area (TPSA) is 141 Å². The van der Waals surface area contributed by atoms with Crippen LogP contribution in [0.5, 0.6) is 0 Å². The maximum absolute atomic E-state index is 10.6. The molecule has 0 aromatic carbocycles. The molecule has 1 aliphatic carbocycles. The average Bonchev–Trinajstić information content (AvgIpc) is 2.21. The lowest BCUT2D eigenvalue weighted by Gasteiger charge is -2.46. The third kappa shape index (κ3) is 1.43. The van der Waals surface area contributed by atoms with E-state index < -0.39 is 42.7 Å². The molecule has 0 heterocycles. The highest BCUT2D eigenvalue weighted by molar-refractivity contribution is 5.07. The molecule has 7 nitrogen and oxygen atoms in total. The van der Waals surface area contributed by atoms with Crippen LogP contribution in [-0.4, -0.2) is 73.4 Å². The SMILES string of the molecule is [O]C[C@]1(O)[C@H](O)[C@H](O)[C@@H](O)[C@H](O)[C@H]1O. The molecule has 0 amide bonds. The molecule has 0 aromatic rings. The van der Waals surface area contributed by atoms with E-state index in [2.05, 4.69) is 0 Å². The highest BCUT2D eigenvalue weighted by Gasteiger charge is 2.57. The lowest BCUT2D eigenvalue weighted by atomic mass is 9.75. The Morgan fingerprint density at radius 3 is 1.50 bits per heavy atom. The maximum atomic E-state index is 10.6. The van der Waals surface area contributed by atoms with Gasteiger partial charge in [0.1, 0.15) is 42.7 Å². The smallest absolute Gasteiger partial charge is 0.148 e. The zero-order valence-corrected chi connectivity index (χ0v) is 7.19. The first-order chi connectivity index (χ1) is 6.36. The van der Waals surface area contributed by atoms with Crippen molar-refractivity contribution < 1.29 is 35.7 Å². The highest BCUT2D eigenvalue weighted by atomic mass is 16.4. The van der Waals surface area contributed by atoms with E-state index in [0.29, 0.717) is 0 Å². The van der Waals surface area contributed by atoms with E-state index in [1.807, 2.05) is 0 Å². The maximum Gasteiger partial charge on any atom is 0.148 e. The first-order valence-electron chi connectivity index (χ1n) is 4.07. The van der Waals surface area contributed by atoms with Crippen molar-refractivity contribution in [1.82, 2.24) is 0 Å². The van der Waals surface area contributed by atoms with E-state index in [1.54, 1.807) is 0 Å². The fraction of sp³-hybridized carbons (Fsp3) is 1.00. The highest BCUT2D eigenvalue weighted by Crippen LogP contribution is 2.29. The van der Waals surface area contributed by atoms with Crippen molar-refractivity contribution in [3.05, 3.63) is 0 Å². The predicted molar refractivity (Wildman–Crippen MR) is 40.5 cm³/mol. The number of aliphatic hydroxyl groups excluding tert-OH is 5. The molecule has 83 valence electrons. The molecule has 0 spiro atoms. The summed E-state index contributed by atoms with van der Waals surface area (Å²) in [5.74, 6) is 0. The van der Waals surface area contributed by atoms with E-state index in [1.165, 1.54) is 0 Å². The summed E-state index contributed by atoms with van der Waals surface area (Å²) >= 11 is 0. The summed E-state index contributed by atoms with van der Waals surface area (Å²) in [4.78, 5) is 0. The minimum atomic E-state index is -2.54. The second-order valence-electron chi connectivity index (χ2n) is 3.50. The van der Waals surface area contributed by atoms with E-state index in [0.717, 1.165) is 0 Å². The lowest BCUT2D eigenvalue weighted by Crippen LogP contribution is -2.71. The molecule has 6 atom stereocenters. The molecule has 6 N–H and O–H groups in total. The molecule has 0 aliphatic heterocycles. The number of aliphatic hydroxyl groups is 6. The Hall–Kier alpha value is -0.280. The number of hydrogen-bond donors (Lipinski definition) is 6. The van der Waals surface area contributed by atoms with E-state index in [4.69, 9.17) is 15.3 Å². The molecule has 1 radical (unpaired) electrons. The zero-order chi connectivity index (χ0) is 11.1. The van der Waals surface area contributed by atoms with E-state index >= 15 is 0 Å². The van der Waals surface area contributed by atoms with Crippen LogP contribution in [0, 0.1) is 0 Å². The van der Waals surface area contributed by atoms with Crippen LogP contribution < -0.4 is 0 Å². The fourth-order valence-corrected chi connectivity index (χ4v) is 1.51. The van der Waals surface area contributed by atoms with Crippen LogP contribution in [0.3, 0.4) is 0 Å². The second-order valence-corrected chi connectivity index (χ2v) is 3.50. The normalized spacial score (nSPS) is 54.6. The molecule has 1 aliphatic rings. The van der Waals surface area contributed by atoms with Gasteiger partial charge in [-0.25, -0.2) is 5.11 Å². The van der Waals surface area contributed by atoms with Crippen LogP contribution in [0.1, 0.15) is 0 Å². The van der Waals surface area contributed by atoms with Gasteiger partial charge in [0.15, 0.2) is 0 Å². The summed E-state index contributed by atoms with van der Waals surface area (Å²) in [5.41, 5.74) is -2.54. The van der Waals surface area contributed by atoms with Crippen molar-refractivity contribution in [3.63, 3.8) is 0 Å². The lowest BCUT2D eigenvalue weighted by molar-refractivity contribution is -0.280. The van der Waals surface area contributed by atoms with Gasteiger partial charge in [-0.05, 0) is 0 Å². The second kappa shape index (κ2) is 3.70. The van der Waals surface area contributed by atoms with Crippen molar-refractivity contribution in [2.45, 2.75) is 36.1 Å². The van der Waals surface area contributed by atoms with Gasteiger partial charge in [-0.2, -0.15) is 0 Å². The van der Waals surface area contributed by atoms with Crippen molar-refractivity contribution in [2.75, 3.05) is 6.61 Å². The Morgan fingerprint density at radius 1 is 0.857 bits per heavy atom. The quantitative estimate of drug-likeness (QED) is 0.260. The first-order valence-corrected chi connectivity index (χ1v) is 4.07. The number of rotatable bonds is 1. The molecule has 0 aromatic heterocycles. The van der Waals surface area contributed by atoms with E-state index in [-0.39, 0.29) is 0 Å². The van der Waals surface area contributed by atoms with Gasteiger partial charge in [0.2, 0.25) is 0 Å². The molecular weight excluding hydrogens is 196 g/mol.